The topological polar surface area (TPSA) is 47.3 Å². The average Bonchev–Trinajstić information content (AvgIpc) is 2.38. The van der Waals surface area contributed by atoms with Crippen molar-refractivity contribution < 1.29 is 5.11 Å². The molecular weight excluding hydrogens is 176 g/mol. The molecule has 1 N–H and O–H groups in total. The number of fused-ring (bicyclic) bond motifs is 2. The highest BCUT2D eigenvalue weighted by molar-refractivity contribution is 5.01. The largest absolute Gasteiger partial charge is 0.392 e. The van der Waals surface area contributed by atoms with Gasteiger partial charge in [-0.05, 0) is 32.6 Å². The predicted octanol–water partition coefficient (Wildman–Crippen LogP) is 1.13. The molecule has 0 aromatic rings. The number of nitriles is 1. The van der Waals surface area contributed by atoms with E-state index in [0.29, 0.717) is 12.1 Å². The van der Waals surface area contributed by atoms with E-state index in [0.717, 1.165) is 19.4 Å². The normalized spacial score (nSPS) is 39.4. The van der Waals surface area contributed by atoms with E-state index >= 15 is 0 Å². The van der Waals surface area contributed by atoms with Crippen LogP contribution in [0, 0.1) is 17.2 Å². The first-order valence-electron chi connectivity index (χ1n) is 5.54. The van der Waals surface area contributed by atoms with Gasteiger partial charge >= 0.3 is 0 Å². The summed E-state index contributed by atoms with van der Waals surface area (Å²) in [5.41, 5.74) is 0. The van der Waals surface area contributed by atoms with Crippen molar-refractivity contribution in [3.63, 3.8) is 0 Å². The van der Waals surface area contributed by atoms with Crippen molar-refractivity contribution in [3.8, 4) is 6.07 Å². The van der Waals surface area contributed by atoms with Crippen LogP contribution in [0.2, 0.25) is 0 Å². The van der Waals surface area contributed by atoms with Crippen molar-refractivity contribution in [3.05, 3.63) is 0 Å². The Morgan fingerprint density at radius 2 is 2.00 bits per heavy atom. The van der Waals surface area contributed by atoms with Crippen LogP contribution in [-0.2, 0) is 0 Å². The van der Waals surface area contributed by atoms with Crippen LogP contribution < -0.4 is 0 Å². The molecule has 0 spiro atoms. The Morgan fingerprint density at radius 1 is 1.43 bits per heavy atom. The molecule has 0 aromatic heterocycles. The van der Waals surface area contributed by atoms with Crippen molar-refractivity contribution in [2.24, 2.45) is 5.92 Å². The summed E-state index contributed by atoms with van der Waals surface area (Å²) in [5, 5.41) is 18.3. The number of nitrogens with zero attached hydrogens (tertiary/aromatic N) is 2. The molecule has 3 nitrogen and oxygen atoms in total. The molecule has 2 rings (SSSR count). The molecule has 3 heteroatoms. The molecule has 2 unspecified atom stereocenters. The Labute approximate surface area is 85.3 Å². The van der Waals surface area contributed by atoms with Gasteiger partial charge in [0.2, 0.25) is 0 Å². The van der Waals surface area contributed by atoms with Gasteiger partial charge in [0.05, 0.1) is 12.2 Å². The first-order valence-corrected chi connectivity index (χ1v) is 5.54. The highest BCUT2D eigenvalue weighted by Crippen LogP contribution is 2.38. The van der Waals surface area contributed by atoms with Crippen molar-refractivity contribution >= 4 is 0 Å². The number of hydrogen-bond acceptors (Lipinski definition) is 3. The summed E-state index contributed by atoms with van der Waals surface area (Å²) in [7, 11) is 0. The van der Waals surface area contributed by atoms with Crippen molar-refractivity contribution in [2.45, 2.75) is 50.8 Å². The fraction of sp³-hybridized carbons (Fsp3) is 0.909. The quantitative estimate of drug-likeness (QED) is 0.717. The minimum Gasteiger partial charge on any atom is -0.392 e. The third kappa shape index (κ3) is 1.77. The smallest absolute Gasteiger partial charge is 0.0657 e. The van der Waals surface area contributed by atoms with E-state index < -0.39 is 0 Å². The Balaban J connectivity index is 2.00. The lowest BCUT2D eigenvalue weighted by molar-refractivity contribution is 0.0611. The van der Waals surface area contributed by atoms with Gasteiger partial charge < -0.3 is 5.11 Å². The zero-order valence-corrected chi connectivity index (χ0v) is 8.69. The molecule has 2 heterocycles. The first-order chi connectivity index (χ1) is 6.70. The lowest BCUT2D eigenvalue weighted by Crippen LogP contribution is -2.45. The summed E-state index contributed by atoms with van der Waals surface area (Å²) in [4.78, 5) is 2.42. The third-order valence-electron chi connectivity index (χ3n) is 3.54. The summed E-state index contributed by atoms with van der Waals surface area (Å²) < 4.78 is 0. The van der Waals surface area contributed by atoms with Gasteiger partial charge in [0, 0.05) is 24.5 Å². The molecular formula is C11H18N2O. The van der Waals surface area contributed by atoms with Crippen molar-refractivity contribution in [1.29, 1.82) is 5.26 Å². The molecule has 0 aromatic carbocycles. The number of hydrogen-bond donors (Lipinski definition) is 1. The molecule has 0 radical (unpaired) electrons. The fourth-order valence-corrected chi connectivity index (χ4v) is 2.98. The van der Waals surface area contributed by atoms with Gasteiger partial charge in [-0.3, -0.25) is 4.90 Å². The average molecular weight is 194 g/mol. The molecule has 2 aliphatic heterocycles. The minimum atomic E-state index is -0.239. The summed E-state index contributed by atoms with van der Waals surface area (Å²) in [6.07, 6.45) is 4.22. The van der Waals surface area contributed by atoms with Gasteiger partial charge in [0.15, 0.2) is 0 Å². The van der Waals surface area contributed by atoms with Crippen LogP contribution in [0.3, 0.4) is 0 Å². The fourth-order valence-electron chi connectivity index (χ4n) is 2.98. The standard InChI is InChI=1S/C11H18N2O/c1-8(14)7-13-10-2-3-11(13)5-9(4-10)6-12/h8-11,14H,2-5,7H2,1H3/t8-,9?,10?,11?/m0/s1. The summed E-state index contributed by atoms with van der Waals surface area (Å²) in [6.45, 7) is 2.63. The monoisotopic (exact) mass is 194 g/mol. The zero-order chi connectivity index (χ0) is 10.1. The Morgan fingerprint density at radius 3 is 2.43 bits per heavy atom. The number of piperidine rings is 1. The van der Waals surface area contributed by atoms with Crippen LogP contribution in [-0.4, -0.2) is 34.7 Å². The van der Waals surface area contributed by atoms with E-state index in [9.17, 15) is 5.11 Å². The van der Waals surface area contributed by atoms with Crippen LogP contribution in [0.25, 0.3) is 0 Å². The molecule has 78 valence electrons. The van der Waals surface area contributed by atoms with E-state index in [1.807, 2.05) is 6.92 Å². The van der Waals surface area contributed by atoms with Crippen LogP contribution in [0.4, 0.5) is 0 Å². The van der Waals surface area contributed by atoms with Gasteiger partial charge in [0.1, 0.15) is 0 Å². The second-order valence-electron chi connectivity index (χ2n) is 4.73. The molecule has 3 atom stereocenters. The van der Waals surface area contributed by atoms with E-state index in [4.69, 9.17) is 5.26 Å². The summed E-state index contributed by atoms with van der Waals surface area (Å²) in [5.74, 6) is 0.262. The molecule has 0 aliphatic carbocycles. The van der Waals surface area contributed by atoms with E-state index in [2.05, 4.69) is 11.0 Å². The summed E-state index contributed by atoms with van der Waals surface area (Å²) in [6, 6.07) is 3.52. The second kappa shape index (κ2) is 3.88. The van der Waals surface area contributed by atoms with Gasteiger partial charge in [-0.25, -0.2) is 0 Å². The Bertz CT molecular complexity index is 232. The van der Waals surface area contributed by atoms with Crippen LogP contribution in [0.15, 0.2) is 0 Å². The SMILES string of the molecule is C[C@H](O)CN1C2CCC1CC(C#N)C2. The minimum absolute atomic E-state index is 0.239. The van der Waals surface area contributed by atoms with Gasteiger partial charge in [-0.15, -0.1) is 0 Å². The number of aliphatic hydroxyl groups excluding tert-OH is 1. The van der Waals surface area contributed by atoms with E-state index in [1.165, 1.54) is 12.8 Å². The first kappa shape index (κ1) is 9.95. The lowest BCUT2D eigenvalue weighted by Gasteiger charge is -2.37. The highest BCUT2D eigenvalue weighted by atomic mass is 16.3. The third-order valence-corrected chi connectivity index (χ3v) is 3.54. The summed E-state index contributed by atoms with van der Waals surface area (Å²) >= 11 is 0. The number of rotatable bonds is 2. The molecule has 2 saturated heterocycles. The van der Waals surface area contributed by atoms with Crippen molar-refractivity contribution in [2.75, 3.05) is 6.54 Å². The van der Waals surface area contributed by atoms with Gasteiger partial charge in [-0.2, -0.15) is 5.26 Å². The maximum Gasteiger partial charge on any atom is 0.0657 e. The van der Waals surface area contributed by atoms with E-state index in [-0.39, 0.29) is 12.0 Å². The lowest BCUT2D eigenvalue weighted by atomic mass is 9.92. The molecule has 2 fully saturated rings. The molecule has 0 amide bonds. The highest BCUT2D eigenvalue weighted by Gasteiger charge is 2.40. The predicted molar refractivity (Wildman–Crippen MR) is 53.5 cm³/mol. The molecule has 14 heavy (non-hydrogen) atoms. The van der Waals surface area contributed by atoms with Crippen LogP contribution >= 0.6 is 0 Å². The Kier molecular flexibility index (Phi) is 2.76. The maximum absolute atomic E-state index is 9.38. The number of aliphatic hydroxyl groups is 1. The molecule has 2 aliphatic rings. The maximum atomic E-state index is 9.38. The molecule has 2 bridgehead atoms. The van der Waals surface area contributed by atoms with Gasteiger partial charge in [0.25, 0.3) is 0 Å². The van der Waals surface area contributed by atoms with Crippen LogP contribution in [0.1, 0.15) is 32.6 Å². The zero-order valence-electron chi connectivity index (χ0n) is 8.69. The van der Waals surface area contributed by atoms with Gasteiger partial charge in [-0.1, -0.05) is 0 Å². The molecule has 0 saturated carbocycles. The van der Waals surface area contributed by atoms with Crippen molar-refractivity contribution in [1.82, 2.24) is 4.90 Å². The van der Waals surface area contributed by atoms with E-state index in [1.54, 1.807) is 0 Å². The van der Waals surface area contributed by atoms with Crippen LogP contribution in [0.5, 0.6) is 0 Å². The Hall–Kier alpha value is -0.590. The second-order valence-corrected chi connectivity index (χ2v) is 4.73.